The fourth-order valence-corrected chi connectivity index (χ4v) is 6.33. The Balaban J connectivity index is 1.32. The molecule has 1 aromatic carbocycles. The number of likely N-dealkylation sites (tertiary alicyclic amines) is 1. The molecular weight excluding hydrogens is 512 g/mol. The van der Waals surface area contributed by atoms with Crippen molar-refractivity contribution in [1.82, 2.24) is 14.5 Å². The van der Waals surface area contributed by atoms with Gasteiger partial charge in [-0.2, -0.15) is 0 Å². The zero-order valence-corrected chi connectivity index (χ0v) is 23.6. The van der Waals surface area contributed by atoms with Crippen molar-refractivity contribution in [2.24, 2.45) is 15.4 Å². The van der Waals surface area contributed by atoms with Gasteiger partial charge in [0, 0.05) is 30.2 Å². The number of nitrogens with zero attached hydrogens (tertiary/aromatic N) is 5. The molecule has 204 valence electrons. The maximum absolute atomic E-state index is 13.3. The number of aliphatic imine (C=N–C) groups is 2. The van der Waals surface area contributed by atoms with Crippen molar-refractivity contribution < 1.29 is 14.3 Å². The maximum atomic E-state index is 13.3. The Kier molecular flexibility index (Phi) is 7.15. The molecule has 9 nitrogen and oxygen atoms in total. The number of hydrogen-bond donors (Lipinski definition) is 1. The predicted octanol–water partition coefficient (Wildman–Crippen LogP) is 6.40. The van der Waals surface area contributed by atoms with Crippen LogP contribution in [0.1, 0.15) is 67.5 Å². The molecule has 0 bridgehead atoms. The number of anilines is 1. The SMILES string of the molecule is C=N/C=N\C=C(/C)c1ccc(C(=O)Nc2nc3ccccc3n2[C@H]2C[C@@]3(CCN(C(=O)OC(C)(C)C)C3)C2)s1. The number of benzene rings is 1. The topological polar surface area (TPSA) is 101 Å². The first-order valence-corrected chi connectivity index (χ1v) is 13.9. The van der Waals surface area contributed by atoms with Crippen LogP contribution in [0.3, 0.4) is 0 Å². The summed E-state index contributed by atoms with van der Waals surface area (Å²) < 4.78 is 7.75. The molecule has 2 amide bonds. The van der Waals surface area contributed by atoms with E-state index in [-0.39, 0.29) is 23.5 Å². The molecule has 1 N–H and O–H groups in total. The molecule has 1 saturated heterocycles. The monoisotopic (exact) mass is 546 g/mol. The molecule has 0 unspecified atom stereocenters. The van der Waals surface area contributed by atoms with Crippen LogP contribution in [0.25, 0.3) is 16.6 Å². The molecule has 2 aliphatic rings. The van der Waals surface area contributed by atoms with Gasteiger partial charge in [-0.25, -0.2) is 14.8 Å². The van der Waals surface area contributed by atoms with Gasteiger partial charge in [-0.05, 0) is 88.9 Å². The van der Waals surface area contributed by atoms with Gasteiger partial charge in [0.2, 0.25) is 5.95 Å². The minimum absolute atomic E-state index is 0.0737. The van der Waals surface area contributed by atoms with Gasteiger partial charge in [0.25, 0.3) is 5.91 Å². The molecular formula is C29H34N6O3S. The van der Waals surface area contributed by atoms with E-state index >= 15 is 0 Å². The average molecular weight is 547 g/mol. The number of thiophene rings is 1. The van der Waals surface area contributed by atoms with E-state index < -0.39 is 5.60 Å². The van der Waals surface area contributed by atoms with Crippen LogP contribution in [-0.4, -0.2) is 58.2 Å². The second-order valence-corrected chi connectivity index (χ2v) is 12.5. The van der Waals surface area contributed by atoms with Crippen molar-refractivity contribution in [2.75, 3.05) is 18.4 Å². The number of allylic oxidation sites excluding steroid dienone is 1. The minimum atomic E-state index is -0.507. The normalized spacial score (nSPS) is 21.5. The summed E-state index contributed by atoms with van der Waals surface area (Å²) in [6.07, 6.45) is 5.62. The average Bonchev–Trinajstić information content (AvgIpc) is 3.59. The first-order valence-electron chi connectivity index (χ1n) is 13.1. The number of rotatable bonds is 6. The summed E-state index contributed by atoms with van der Waals surface area (Å²) in [5.41, 5.74) is 2.34. The number of carbonyl (C=O) groups excluding carboxylic acids is 2. The molecule has 0 radical (unpaired) electrons. The van der Waals surface area contributed by atoms with Crippen LogP contribution in [0.5, 0.6) is 0 Å². The van der Waals surface area contributed by atoms with Gasteiger partial charge in [0.15, 0.2) is 0 Å². The molecule has 3 heterocycles. The lowest BCUT2D eigenvalue weighted by molar-refractivity contribution is 0.0199. The Morgan fingerprint density at radius 2 is 1.95 bits per heavy atom. The number of imidazole rings is 1. The molecule has 2 aromatic heterocycles. The van der Waals surface area contributed by atoms with E-state index in [1.54, 1.807) is 6.20 Å². The van der Waals surface area contributed by atoms with Crippen molar-refractivity contribution in [2.45, 2.75) is 58.6 Å². The number of ether oxygens (including phenoxy) is 1. The Morgan fingerprint density at radius 1 is 1.21 bits per heavy atom. The molecule has 1 spiro atoms. The zero-order valence-electron chi connectivity index (χ0n) is 22.8. The smallest absolute Gasteiger partial charge is 0.410 e. The van der Waals surface area contributed by atoms with Crippen molar-refractivity contribution in [3.05, 3.63) is 52.4 Å². The molecule has 0 atom stereocenters. The number of fused-ring (bicyclic) bond motifs is 1. The van der Waals surface area contributed by atoms with E-state index in [0.29, 0.717) is 23.9 Å². The maximum Gasteiger partial charge on any atom is 0.410 e. The van der Waals surface area contributed by atoms with E-state index in [4.69, 9.17) is 9.72 Å². The van der Waals surface area contributed by atoms with Gasteiger partial charge in [-0.1, -0.05) is 12.1 Å². The Hall–Kier alpha value is -3.79. The number of aromatic nitrogens is 2. The molecule has 2 fully saturated rings. The highest BCUT2D eigenvalue weighted by molar-refractivity contribution is 7.15. The summed E-state index contributed by atoms with van der Waals surface area (Å²) in [4.78, 5) is 41.7. The van der Waals surface area contributed by atoms with Crippen LogP contribution in [0.2, 0.25) is 0 Å². The Labute approximate surface area is 232 Å². The molecule has 1 aliphatic heterocycles. The highest BCUT2D eigenvalue weighted by atomic mass is 32.1. The van der Waals surface area contributed by atoms with Crippen molar-refractivity contribution in [1.29, 1.82) is 0 Å². The van der Waals surface area contributed by atoms with Crippen molar-refractivity contribution in [3.8, 4) is 0 Å². The summed E-state index contributed by atoms with van der Waals surface area (Å²) >= 11 is 1.40. The Morgan fingerprint density at radius 3 is 2.69 bits per heavy atom. The van der Waals surface area contributed by atoms with E-state index in [1.165, 1.54) is 17.7 Å². The number of carbonyl (C=O) groups is 2. The van der Waals surface area contributed by atoms with Crippen LogP contribution < -0.4 is 5.32 Å². The van der Waals surface area contributed by atoms with E-state index in [0.717, 1.165) is 40.7 Å². The van der Waals surface area contributed by atoms with Gasteiger partial charge in [-0.15, -0.1) is 11.3 Å². The van der Waals surface area contributed by atoms with Gasteiger partial charge in [-0.3, -0.25) is 15.1 Å². The van der Waals surface area contributed by atoms with Gasteiger partial charge in [0.1, 0.15) is 11.9 Å². The molecule has 1 aliphatic carbocycles. The summed E-state index contributed by atoms with van der Waals surface area (Å²) in [5.74, 6) is 0.352. The summed E-state index contributed by atoms with van der Waals surface area (Å²) in [7, 11) is 0. The predicted molar refractivity (Wildman–Crippen MR) is 157 cm³/mol. The fraction of sp³-hybridized carbons (Fsp3) is 0.414. The zero-order chi connectivity index (χ0) is 27.8. The van der Waals surface area contributed by atoms with Crippen LogP contribution in [0, 0.1) is 5.41 Å². The molecule has 39 heavy (non-hydrogen) atoms. The number of amides is 2. The summed E-state index contributed by atoms with van der Waals surface area (Å²) in [6.45, 7) is 12.4. The van der Waals surface area contributed by atoms with Crippen molar-refractivity contribution >= 4 is 58.9 Å². The van der Waals surface area contributed by atoms with Crippen LogP contribution in [0.15, 0.2) is 52.6 Å². The molecule has 1 saturated carbocycles. The lowest BCUT2D eigenvalue weighted by atomic mass is 9.65. The summed E-state index contributed by atoms with van der Waals surface area (Å²) in [5, 5.41) is 3.07. The lowest BCUT2D eigenvalue weighted by Crippen LogP contribution is -2.43. The number of nitrogens with one attached hydrogen (secondary N) is 1. The van der Waals surface area contributed by atoms with Crippen LogP contribution in [0.4, 0.5) is 10.7 Å². The van der Waals surface area contributed by atoms with E-state index in [9.17, 15) is 9.59 Å². The molecule has 3 aromatic rings. The quantitative estimate of drug-likeness (QED) is 0.285. The van der Waals surface area contributed by atoms with Crippen LogP contribution in [-0.2, 0) is 4.74 Å². The van der Waals surface area contributed by atoms with E-state index in [2.05, 4.69) is 26.6 Å². The first-order chi connectivity index (χ1) is 18.6. The van der Waals surface area contributed by atoms with Crippen LogP contribution >= 0.6 is 11.3 Å². The van der Waals surface area contributed by atoms with E-state index in [1.807, 2.05) is 69.0 Å². The van der Waals surface area contributed by atoms with Gasteiger partial charge in [0.05, 0.1) is 15.9 Å². The minimum Gasteiger partial charge on any atom is -0.444 e. The summed E-state index contributed by atoms with van der Waals surface area (Å²) in [6, 6.07) is 11.9. The Bertz CT molecular complexity index is 1470. The number of hydrogen-bond acceptors (Lipinski definition) is 6. The third kappa shape index (κ3) is 5.66. The first kappa shape index (κ1) is 26.8. The van der Waals surface area contributed by atoms with Crippen molar-refractivity contribution in [3.63, 3.8) is 0 Å². The highest BCUT2D eigenvalue weighted by Gasteiger charge is 2.51. The second-order valence-electron chi connectivity index (χ2n) is 11.4. The van der Waals surface area contributed by atoms with Gasteiger partial charge >= 0.3 is 6.09 Å². The standard InChI is InChI=1S/C29H34N6O3S/c1-19(16-31-18-30-5)23-10-11-24(39-23)25(36)33-26-32-21-8-6-7-9-22(21)35(26)20-14-29(15-20)12-13-34(17-29)27(37)38-28(2,3)4/h6-11,16,18,20H,5,12-15,17H2,1-4H3,(H,32,33,36)/b19-16+,31-18-/t20-,29-. The largest absolute Gasteiger partial charge is 0.444 e. The van der Waals surface area contributed by atoms with Gasteiger partial charge < -0.3 is 14.2 Å². The number of para-hydroxylation sites is 2. The fourth-order valence-electron chi connectivity index (χ4n) is 5.47. The second kappa shape index (κ2) is 10.4. The third-order valence-corrected chi connectivity index (χ3v) is 8.47. The molecule has 5 rings (SSSR count). The highest BCUT2D eigenvalue weighted by Crippen LogP contribution is 2.55. The molecule has 10 heteroatoms. The third-order valence-electron chi connectivity index (χ3n) is 7.25. The lowest BCUT2D eigenvalue weighted by Gasteiger charge is -2.46.